The molecule has 0 unspecified atom stereocenters. The van der Waals surface area contributed by atoms with E-state index in [9.17, 15) is 22.0 Å². The molecule has 7 N–H and O–H groups in total. The minimum atomic E-state index is -4.35. The van der Waals surface area contributed by atoms with Gasteiger partial charge in [0.1, 0.15) is 5.75 Å². The maximum atomic E-state index is 14.2. The molecule has 0 atom stereocenters. The fraction of sp³-hybridized carbons (Fsp3) is 0.333. The van der Waals surface area contributed by atoms with E-state index in [0.717, 1.165) is 6.20 Å². The summed E-state index contributed by atoms with van der Waals surface area (Å²) in [7, 11) is -3.62. The van der Waals surface area contributed by atoms with Gasteiger partial charge in [-0.15, -0.1) is 11.3 Å². The molecule has 1 heterocycles. The first-order chi connectivity index (χ1) is 13.4. The molecule has 1 aromatic carbocycles. The van der Waals surface area contributed by atoms with E-state index in [4.69, 9.17) is 26.1 Å². The van der Waals surface area contributed by atoms with E-state index in [0.29, 0.717) is 16.9 Å². The summed E-state index contributed by atoms with van der Waals surface area (Å²) in [6.45, 7) is -0.316. The van der Waals surface area contributed by atoms with Crippen molar-refractivity contribution in [1.29, 1.82) is 0 Å². The highest BCUT2D eigenvalue weighted by molar-refractivity contribution is 9.10. The third-order valence-electron chi connectivity index (χ3n) is 3.71. The summed E-state index contributed by atoms with van der Waals surface area (Å²) in [5.74, 6) is 5.40. The summed E-state index contributed by atoms with van der Waals surface area (Å²) in [5.41, 5.74) is 4.40. The SMILES string of the molecule is N/C=C(\NN)c1cc(OCCCC(F)(F)F)c2sc(C(F)(F)P(O)O)c(Br)c2c1. The van der Waals surface area contributed by atoms with Crippen molar-refractivity contribution >= 4 is 51.4 Å². The molecule has 0 radical (unpaired) electrons. The van der Waals surface area contributed by atoms with Crippen LogP contribution < -0.4 is 21.7 Å². The van der Waals surface area contributed by atoms with Gasteiger partial charge in [0.15, 0.2) is 0 Å². The maximum absolute atomic E-state index is 14.2. The Labute approximate surface area is 175 Å². The van der Waals surface area contributed by atoms with Crippen molar-refractivity contribution in [2.45, 2.75) is 24.7 Å². The highest BCUT2D eigenvalue weighted by Gasteiger charge is 2.45. The molecule has 0 bridgehead atoms. The molecule has 0 fully saturated rings. The fourth-order valence-electron chi connectivity index (χ4n) is 2.37. The highest BCUT2D eigenvalue weighted by atomic mass is 79.9. The van der Waals surface area contributed by atoms with Crippen molar-refractivity contribution in [3.63, 3.8) is 0 Å². The Kier molecular flexibility index (Phi) is 7.68. The molecule has 29 heavy (non-hydrogen) atoms. The zero-order valence-corrected chi connectivity index (χ0v) is 17.7. The molecule has 1 aromatic heterocycles. The molecule has 2 rings (SSSR count). The van der Waals surface area contributed by atoms with Crippen LogP contribution in [0, 0.1) is 0 Å². The van der Waals surface area contributed by atoms with Crippen LogP contribution in [0.5, 0.6) is 5.75 Å². The van der Waals surface area contributed by atoms with Crippen LogP contribution in [0.15, 0.2) is 22.8 Å². The molecular weight excluding hydrogens is 508 g/mol. The second kappa shape index (κ2) is 9.27. The lowest BCUT2D eigenvalue weighted by molar-refractivity contribution is -0.136. The quantitative estimate of drug-likeness (QED) is 0.115. The van der Waals surface area contributed by atoms with E-state index < -0.39 is 31.5 Å². The minimum Gasteiger partial charge on any atom is -0.492 e. The van der Waals surface area contributed by atoms with Gasteiger partial charge in [0.2, 0.25) is 8.38 Å². The highest BCUT2D eigenvalue weighted by Crippen LogP contribution is 2.58. The number of thiophene rings is 1. The standard InChI is InChI=1S/C15H16BrF5N3O3PS/c16-11-8-4-7(9(6-22)24-23)5-10(27-3-1-2-14(17,18)19)12(8)29-13(11)15(20,21)28(25)26/h4-6,24-26H,1-3,22-23H2/b9-6-. The van der Waals surface area contributed by atoms with Crippen molar-refractivity contribution in [3.05, 3.63) is 33.2 Å². The lowest BCUT2D eigenvalue weighted by Gasteiger charge is -2.15. The lowest BCUT2D eigenvalue weighted by Crippen LogP contribution is -2.21. The van der Waals surface area contributed by atoms with Gasteiger partial charge in [0.05, 0.1) is 21.9 Å². The third kappa shape index (κ3) is 5.47. The van der Waals surface area contributed by atoms with Gasteiger partial charge in [0, 0.05) is 28.0 Å². The normalized spacial score (nSPS) is 13.4. The first-order valence-electron chi connectivity index (χ1n) is 7.83. The van der Waals surface area contributed by atoms with Gasteiger partial charge in [-0.05, 0) is 34.5 Å². The van der Waals surface area contributed by atoms with E-state index in [-0.39, 0.29) is 39.0 Å². The van der Waals surface area contributed by atoms with Crippen LogP contribution in [0.25, 0.3) is 15.8 Å². The Balaban J connectivity index is 2.54. The molecular formula is C15H16BrF5N3O3PS. The monoisotopic (exact) mass is 523 g/mol. The molecule has 0 saturated carbocycles. The van der Waals surface area contributed by atoms with Crippen molar-refractivity contribution < 1.29 is 36.5 Å². The predicted octanol–water partition coefficient (Wildman–Crippen LogP) is 4.45. The van der Waals surface area contributed by atoms with Gasteiger partial charge in [-0.25, -0.2) is 0 Å². The van der Waals surface area contributed by atoms with Gasteiger partial charge in [-0.1, -0.05) is 0 Å². The van der Waals surface area contributed by atoms with Crippen molar-refractivity contribution in [2.75, 3.05) is 6.61 Å². The number of benzene rings is 1. The number of alkyl halides is 5. The van der Waals surface area contributed by atoms with Crippen molar-refractivity contribution in [1.82, 2.24) is 5.43 Å². The molecule has 0 spiro atoms. The summed E-state index contributed by atoms with van der Waals surface area (Å²) in [5, 5.41) is 0.222. The number of rotatable bonds is 8. The van der Waals surface area contributed by atoms with E-state index >= 15 is 0 Å². The Morgan fingerprint density at radius 3 is 2.45 bits per heavy atom. The van der Waals surface area contributed by atoms with E-state index in [1.165, 1.54) is 12.1 Å². The number of hydrogen-bond donors (Lipinski definition) is 5. The lowest BCUT2D eigenvalue weighted by atomic mass is 10.1. The van der Waals surface area contributed by atoms with Crippen LogP contribution in [0.2, 0.25) is 0 Å². The molecule has 2 aromatic rings. The number of hydrazine groups is 1. The summed E-state index contributed by atoms with van der Waals surface area (Å²) in [4.78, 5) is 17.5. The summed E-state index contributed by atoms with van der Waals surface area (Å²) < 4.78 is 70.9. The molecule has 14 heteroatoms. The Bertz CT molecular complexity index is 907. The number of halogens is 6. The van der Waals surface area contributed by atoms with Gasteiger partial charge in [0.25, 0.3) is 0 Å². The van der Waals surface area contributed by atoms with Crippen LogP contribution in [-0.4, -0.2) is 22.6 Å². The minimum absolute atomic E-state index is 0.0298. The zero-order chi connectivity index (χ0) is 22.0. The average molecular weight is 524 g/mol. The number of nitrogens with one attached hydrogen (secondary N) is 1. The molecule has 0 aliphatic rings. The van der Waals surface area contributed by atoms with Crippen molar-refractivity contribution in [3.8, 4) is 5.75 Å². The second-order valence-corrected chi connectivity index (χ2v) is 8.67. The van der Waals surface area contributed by atoms with E-state index in [2.05, 4.69) is 21.4 Å². The summed E-state index contributed by atoms with van der Waals surface area (Å²) in [6, 6.07) is 2.84. The third-order valence-corrected chi connectivity index (χ3v) is 6.97. The molecule has 0 amide bonds. The van der Waals surface area contributed by atoms with Gasteiger partial charge >= 0.3 is 11.8 Å². The second-order valence-electron chi connectivity index (χ2n) is 5.72. The van der Waals surface area contributed by atoms with E-state index in [1.54, 1.807) is 0 Å². The zero-order valence-electron chi connectivity index (χ0n) is 14.4. The fourth-order valence-corrected chi connectivity index (χ4v) is 5.15. The molecule has 162 valence electrons. The average Bonchev–Trinajstić information content (AvgIpc) is 2.96. The van der Waals surface area contributed by atoms with Gasteiger partial charge in [-0.2, -0.15) is 22.0 Å². The Hall–Kier alpha value is -1.24. The first-order valence-corrected chi connectivity index (χ1v) is 10.7. The maximum Gasteiger partial charge on any atom is 0.389 e. The van der Waals surface area contributed by atoms with Crippen LogP contribution in [0.4, 0.5) is 22.0 Å². The van der Waals surface area contributed by atoms with Crippen LogP contribution in [0.3, 0.4) is 0 Å². The van der Waals surface area contributed by atoms with Crippen LogP contribution in [0.1, 0.15) is 23.3 Å². The number of ether oxygens (including phenoxy) is 1. The number of nitrogens with two attached hydrogens (primary N) is 2. The first kappa shape index (κ1) is 24.0. The predicted molar refractivity (Wildman–Crippen MR) is 105 cm³/mol. The Morgan fingerprint density at radius 1 is 1.28 bits per heavy atom. The summed E-state index contributed by atoms with van der Waals surface area (Å²) >= 11 is 3.57. The van der Waals surface area contributed by atoms with Crippen LogP contribution in [-0.2, 0) is 5.66 Å². The molecule has 0 aliphatic carbocycles. The van der Waals surface area contributed by atoms with Crippen LogP contribution >= 0.6 is 35.6 Å². The number of fused-ring (bicyclic) bond motifs is 1. The van der Waals surface area contributed by atoms with Crippen molar-refractivity contribution in [2.24, 2.45) is 11.6 Å². The van der Waals surface area contributed by atoms with Gasteiger partial charge < -0.3 is 25.7 Å². The largest absolute Gasteiger partial charge is 0.492 e. The number of hydrogen-bond acceptors (Lipinski definition) is 7. The topological polar surface area (TPSA) is 114 Å². The van der Waals surface area contributed by atoms with Gasteiger partial charge in [-0.3, -0.25) is 5.84 Å². The molecule has 0 aliphatic heterocycles. The Morgan fingerprint density at radius 2 is 1.93 bits per heavy atom. The molecule has 6 nitrogen and oxygen atoms in total. The smallest absolute Gasteiger partial charge is 0.389 e. The summed E-state index contributed by atoms with van der Waals surface area (Å²) in [6.07, 6.45) is -4.63. The molecule has 0 saturated heterocycles. The van der Waals surface area contributed by atoms with E-state index in [1.807, 2.05) is 0 Å².